The first-order valence-corrected chi connectivity index (χ1v) is 7.40. The number of aromatic nitrogens is 3. The van der Waals surface area contributed by atoms with Crippen molar-refractivity contribution in [3.8, 4) is 0 Å². The van der Waals surface area contributed by atoms with E-state index >= 15 is 0 Å². The average Bonchev–Trinajstić information content (AvgIpc) is 2.67. The molecule has 0 radical (unpaired) electrons. The minimum atomic E-state index is 0.867. The molecular formula is C16H18N4. The summed E-state index contributed by atoms with van der Waals surface area (Å²) >= 11 is 0. The van der Waals surface area contributed by atoms with Gasteiger partial charge in [-0.05, 0) is 18.9 Å². The Bertz CT molecular complexity index is 738. The Balaban J connectivity index is 1.79. The third kappa shape index (κ3) is 1.92. The Morgan fingerprint density at radius 2 is 1.75 bits per heavy atom. The minimum Gasteiger partial charge on any atom is -0.341 e. The molecule has 0 amide bonds. The van der Waals surface area contributed by atoms with Crippen LogP contribution in [0.2, 0.25) is 0 Å². The van der Waals surface area contributed by atoms with Crippen molar-refractivity contribution >= 4 is 27.9 Å². The second-order valence-electron chi connectivity index (χ2n) is 5.50. The number of nitrogens with zero attached hydrogens (tertiary/aromatic N) is 3. The van der Waals surface area contributed by atoms with E-state index in [1.807, 2.05) is 12.3 Å². The molecule has 0 unspecified atom stereocenters. The number of rotatable bonds is 1. The van der Waals surface area contributed by atoms with Crippen molar-refractivity contribution in [3.63, 3.8) is 0 Å². The van der Waals surface area contributed by atoms with Crippen LogP contribution in [0.5, 0.6) is 0 Å². The van der Waals surface area contributed by atoms with Gasteiger partial charge in [0.25, 0.3) is 0 Å². The summed E-state index contributed by atoms with van der Waals surface area (Å²) in [6, 6.07) is 8.30. The molecule has 1 aliphatic heterocycles. The lowest BCUT2D eigenvalue weighted by Gasteiger charge is -2.19. The third-order valence-corrected chi connectivity index (χ3v) is 4.14. The second kappa shape index (κ2) is 4.78. The van der Waals surface area contributed by atoms with Crippen molar-refractivity contribution in [3.05, 3.63) is 30.5 Å². The van der Waals surface area contributed by atoms with Crippen LogP contribution in [-0.2, 0) is 0 Å². The maximum atomic E-state index is 4.74. The maximum Gasteiger partial charge on any atom is 0.227 e. The van der Waals surface area contributed by atoms with Crippen molar-refractivity contribution in [1.82, 2.24) is 15.0 Å². The number of para-hydroxylation sites is 1. The number of aromatic amines is 1. The zero-order chi connectivity index (χ0) is 13.4. The molecule has 0 aliphatic carbocycles. The lowest BCUT2D eigenvalue weighted by molar-refractivity contribution is 0.726. The van der Waals surface area contributed by atoms with Crippen LogP contribution in [0.4, 0.5) is 5.95 Å². The molecule has 2 aromatic heterocycles. The minimum absolute atomic E-state index is 0.867. The highest BCUT2D eigenvalue weighted by atomic mass is 15.3. The molecule has 0 spiro atoms. The average molecular weight is 266 g/mol. The molecule has 4 heteroatoms. The normalized spacial score (nSPS) is 16.7. The number of nitrogens with one attached hydrogen (secondary N) is 1. The van der Waals surface area contributed by atoms with Gasteiger partial charge in [-0.25, -0.2) is 4.98 Å². The molecule has 0 saturated carbocycles. The van der Waals surface area contributed by atoms with Crippen LogP contribution in [0, 0.1) is 0 Å². The summed E-state index contributed by atoms with van der Waals surface area (Å²) in [5.41, 5.74) is 2.07. The van der Waals surface area contributed by atoms with Gasteiger partial charge in [-0.15, -0.1) is 0 Å². The Kier molecular flexibility index (Phi) is 2.80. The van der Waals surface area contributed by atoms with Gasteiger partial charge in [0.2, 0.25) is 5.95 Å². The fourth-order valence-electron chi connectivity index (χ4n) is 3.04. The first kappa shape index (κ1) is 11.7. The molecule has 1 fully saturated rings. The summed E-state index contributed by atoms with van der Waals surface area (Å²) < 4.78 is 0. The predicted molar refractivity (Wildman–Crippen MR) is 82.1 cm³/mol. The summed E-state index contributed by atoms with van der Waals surface area (Å²) in [6.45, 7) is 2.15. The Labute approximate surface area is 117 Å². The van der Waals surface area contributed by atoms with E-state index in [4.69, 9.17) is 4.98 Å². The highest BCUT2D eigenvalue weighted by Gasteiger charge is 2.14. The summed E-state index contributed by atoms with van der Waals surface area (Å²) in [4.78, 5) is 15.0. The molecule has 0 atom stereocenters. The van der Waals surface area contributed by atoms with E-state index in [1.54, 1.807) is 0 Å². The largest absolute Gasteiger partial charge is 0.341 e. The first-order valence-electron chi connectivity index (χ1n) is 7.40. The van der Waals surface area contributed by atoms with Crippen molar-refractivity contribution in [2.24, 2.45) is 0 Å². The summed E-state index contributed by atoms with van der Waals surface area (Å²) in [7, 11) is 0. The van der Waals surface area contributed by atoms with Gasteiger partial charge >= 0.3 is 0 Å². The number of hydrogen-bond acceptors (Lipinski definition) is 3. The highest BCUT2D eigenvalue weighted by molar-refractivity contribution is 6.05. The van der Waals surface area contributed by atoms with Crippen LogP contribution < -0.4 is 4.90 Å². The predicted octanol–water partition coefficient (Wildman–Crippen LogP) is 3.49. The fraction of sp³-hybridized carbons (Fsp3) is 0.375. The quantitative estimate of drug-likeness (QED) is 0.733. The molecule has 1 N–H and O–H groups in total. The van der Waals surface area contributed by atoms with Gasteiger partial charge in [0.15, 0.2) is 0 Å². The van der Waals surface area contributed by atoms with E-state index in [2.05, 4.69) is 33.1 Å². The van der Waals surface area contributed by atoms with Crippen LogP contribution in [0.1, 0.15) is 25.7 Å². The van der Waals surface area contributed by atoms with Crippen molar-refractivity contribution in [2.45, 2.75) is 25.7 Å². The van der Waals surface area contributed by atoms with E-state index < -0.39 is 0 Å². The van der Waals surface area contributed by atoms with E-state index in [0.717, 1.165) is 35.6 Å². The summed E-state index contributed by atoms with van der Waals surface area (Å²) in [5.74, 6) is 0.867. The highest BCUT2D eigenvalue weighted by Crippen LogP contribution is 2.25. The number of fused-ring (bicyclic) bond motifs is 3. The van der Waals surface area contributed by atoms with Crippen molar-refractivity contribution in [2.75, 3.05) is 18.0 Å². The lowest BCUT2D eigenvalue weighted by atomic mass is 10.2. The molecule has 20 heavy (non-hydrogen) atoms. The van der Waals surface area contributed by atoms with Gasteiger partial charge in [0.1, 0.15) is 5.65 Å². The molecule has 102 valence electrons. The van der Waals surface area contributed by atoms with E-state index in [1.165, 1.54) is 31.1 Å². The van der Waals surface area contributed by atoms with Crippen LogP contribution >= 0.6 is 0 Å². The SMILES string of the molecule is c1ccc2c(c1)[nH]c1nc(N3CCCCCC3)ncc12. The molecule has 1 saturated heterocycles. The fourth-order valence-corrected chi connectivity index (χ4v) is 3.04. The Hall–Kier alpha value is -2.10. The first-order chi connectivity index (χ1) is 9.92. The molecule has 3 aromatic rings. The molecule has 4 rings (SSSR count). The lowest BCUT2D eigenvalue weighted by Crippen LogP contribution is -2.25. The second-order valence-corrected chi connectivity index (χ2v) is 5.50. The molecule has 3 heterocycles. The van der Waals surface area contributed by atoms with Gasteiger partial charge in [-0.3, -0.25) is 0 Å². The van der Waals surface area contributed by atoms with Gasteiger partial charge in [-0.2, -0.15) is 4.98 Å². The van der Waals surface area contributed by atoms with Crippen LogP contribution in [0.15, 0.2) is 30.5 Å². The summed E-state index contributed by atoms with van der Waals surface area (Å²) in [6.07, 6.45) is 7.10. The Morgan fingerprint density at radius 1 is 0.950 bits per heavy atom. The van der Waals surface area contributed by atoms with Gasteiger partial charge < -0.3 is 9.88 Å². The maximum absolute atomic E-state index is 4.74. The molecular weight excluding hydrogens is 248 g/mol. The number of hydrogen-bond donors (Lipinski definition) is 1. The topological polar surface area (TPSA) is 44.8 Å². The zero-order valence-corrected chi connectivity index (χ0v) is 11.5. The third-order valence-electron chi connectivity index (χ3n) is 4.14. The van der Waals surface area contributed by atoms with E-state index in [-0.39, 0.29) is 0 Å². The summed E-state index contributed by atoms with van der Waals surface area (Å²) in [5, 5.41) is 2.31. The molecule has 0 bridgehead atoms. The number of anilines is 1. The Morgan fingerprint density at radius 3 is 2.60 bits per heavy atom. The molecule has 4 nitrogen and oxygen atoms in total. The zero-order valence-electron chi connectivity index (χ0n) is 11.5. The molecule has 1 aliphatic rings. The van der Waals surface area contributed by atoms with Crippen LogP contribution in [0.25, 0.3) is 21.9 Å². The van der Waals surface area contributed by atoms with E-state index in [9.17, 15) is 0 Å². The van der Waals surface area contributed by atoms with Crippen LogP contribution in [0.3, 0.4) is 0 Å². The smallest absolute Gasteiger partial charge is 0.227 e. The van der Waals surface area contributed by atoms with Crippen molar-refractivity contribution in [1.29, 1.82) is 0 Å². The van der Waals surface area contributed by atoms with Gasteiger partial charge in [0, 0.05) is 35.6 Å². The van der Waals surface area contributed by atoms with Crippen molar-refractivity contribution < 1.29 is 0 Å². The van der Waals surface area contributed by atoms with Crippen LogP contribution in [-0.4, -0.2) is 28.0 Å². The van der Waals surface area contributed by atoms with Gasteiger partial charge in [-0.1, -0.05) is 31.0 Å². The monoisotopic (exact) mass is 266 g/mol. The van der Waals surface area contributed by atoms with E-state index in [0.29, 0.717) is 0 Å². The standard InChI is InChI=1S/C16H18N4/c1-2-6-10-20(9-5-1)16-17-11-13-12-7-3-4-8-14(12)18-15(13)19-16/h3-4,7-8,11H,1-2,5-6,9-10H2,(H,17,18,19). The number of benzene rings is 1. The van der Waals surface area contributed by atoms with Gasteiger partial charge in [0.05, 0.1) is 0 Å². The number of H-pyrrole nitrogens is 1. The molecule has 1 aromatic carbocycles.